The van der Waals surface area contributed by atoms with Crippen molar-refractivity contribution in [3.63, 3.8) is 0 Å². The van der Waals surface area contributed by atoms with E-state index in [9.17, 15) is 14.9 Å². The van der Waals surface area contributed by atoms with Crippen LogP contribution in [0.5, 0.6) is 5.75 Å². The molecule has 2 aromatic carbocycles. The van der Waals surface area contributed by atoms with Crippen LogP contribution in [-0.2, 0) is 0 Å². The Bertz CT molecular complexity index is 814. The maximum absolute atomic E-state index is 12.4. The van der Waals surface area contributed by atoms with Crippen molar-refractivity contribution >= 4 is 29.1 Å². The largest absolute Gasteiger partial charge is 0.488 e. The number of rotatable bonds is 2. The first kappa shape index (κ1) is 14.3. The minimum Gasteiger partial charge on any atom is -0.488 e. The number of ketones is 1. The molecule has 1 heterocycles. The van der Waals surface area contributed by atoms with Crippen LogP contribution in [0.25, 0.3) is 6.08 Å². The number of nitro groups is 1. The molecule has 0 bridgehead atoms. The number of benzene rings is 2. The number of Topliss-reactive ketones (excluding diaryl/α,β-unsaturated/α-hetero) is 1. The molecule has 0 amide bonds. The lowest BCUT2D eigenvalue weighted by atomic mass is 9.98. The van der Waals surface area contributed by atoms with E-state index in [1.807, 2.05) is 0 Å². The van der Waals surface area contributed by atoms with Crippen molar-refractivity contribution in [3.8, 4) is 5.75 Å². The maximum Gasteiger partial charge on any atom is 0.288 e. The zero-order valence-corrected chi connectivity index (χ0v) is 12.0. The molecule has 2 aromatic rings. The quantitative estimate of drug-likeness (QED) is 0.478. The second-order valence-corrected chi connectivity index (χ2v) is 5.16. The molecule has 0 atom stereocenters. The summed E-state index contributed by atoms with van der Waals surface area (Å²) in [5.74, 6) is 0.409. The van der Waals surface area contributed by atoms with Gasteiger partial charge >= 0.3 is 0 Å². The fourth-order valence-electron chi connectivity index (χ4n) is 2.24. The van der Waals surface area contributed by atoms with Gasteiger partial charge in [0.25, 0.3) is 5.69 Å². The van der Waals surface area contributed by atoms with Gasteiger partial charge in [0.2, 0.25) is 0 Å². The van der Waals surface area contributed by atoms with Crippen molar-refractivity contribution in [2.24, 2.45) is 0 Å². The topological polar surface area (TPSA) is 69.4 Å². The number of nitrogens with zero attached hydrogens (tertiary/aromatic N) is 1. The van der Waals surface area contributed by atoms with Crippen LogP contribution >= 0.6 is 11.6 Å². The monoisotopic (exact) mass is 315 g/mol. The summed E-state index contributed by atoms with van der Waals surface area (Å²) < 4.78 is 5.53. The van der Waals surface area contributed by atoms with E-state index in [4.69, 9.17) is 16.3 Å². The molecule has 6 heteroatoms. The molecule has 0 saturated carbocycles. The Balaban J connectivity index is 1.99. The average molecular weight is 316 g/mol. The van der Waals surface area contributed by atoms with Gasteiger partial charge in [-0.1, -0.05) is 29.8 Å². The summed E-state index contributed by atoms with van der Waals surface area (Å²) >= 11 is 5.78. The van der Waals surface area contributed by atoms with E-state index in [2.05, 4.69) is 0 Å². The Hall–Kier alpha value is -2.66. The van der Waals surface area contributed by atoms with Gasteiger partial charge in [-0.25, -0.2) is 0 Å². The highest BCUT2D eigenvalue weighted by atomic mass is 35.5. The van der Waals surface area contributed by atoms with E-state index in [-0.39, 0.29) is 23.1 Å². The predicted octanol–water partition coefficient (Wildman–Crippen LogP) is 3.91. The van der Waals surface area contributed by atoms with Crippen molar-refractivity contribution in [1.29, 1.82) is 0 Å². The third kappa shape index (κ3) is 2.58. The van der Waals surface area contributed by atoms with Crippen LogP contribution < -0.4 is 4.74 Å². The molecule has 5 nitrogen and oxygen atoms in total. The molecular weight excluding hydrogens is 306 g/mol. The highest BCUT2D eigenvalue weighted by molar-refractivity contribution is 6.32. The van der Waals surface area contributed by atoms with Gasteiger partial charge in [-0.05, 0) is 29.8 Å². The maximum atomic E-state index is 12.4. The number of nitro benzene ring substituents is 1. The molecule has 0 fully saturated rings. The Morgan fingerprint density at radius 3 is 2.77 bits per heavy atom. The van der Waals surface area contributed by atoms with Crippen LogP contribution in [0.1, 0.15) is 15.9 Å². The minimum atomic E-state index is -0.557. The zero-order valence-electron chi connectivity index (χ0n) is 11.3. The summed E-state index contributed by atoms with van der Waals surface area (Å²) in [7, 11) is 0. The molecule has 0 radical (unpaired) electrons. The SMILES string of the molecule is O=C1C(=Cc2ccc(Cl)c([N+](=O)[O-])c2)COc2ccccc21. The molecule has 1 aliphatic heterocycles. The molecule has 3 rings (SSSR count). The first-order chi connectivity index (χ1) is 10.6. The number of para-hydroxylation sites is 1. The van der Waals surface area contributed by atoms with E-state index in [0.29, 0.717) is 22.4 Å². The first-order valence-electron chi connectivity index (χ1n) is 6.47. The van der Waals surface area contributed by atoms with E-state index >= 15 is 0 Å². The third-order valence-corrected chi connectivity index (χ3v) is 3.63. The van der Waals surface area contributed by atoms with Gasteiger partial charge in [0, 0.05) is 11.6 Å². The van der Waals surface area contributed by atoms with Gasteiger partial charge in [0.15, 0.2) is 5.78 Å². The summed E-state index contributed by atoms with van der Waals surface area (Å²) in [5, 5.41) is 11.0. The first-order valence-corrected chi connectivity index (χ1v) is 6.85. The highest BCUT2D eigenvalue weighted by Gasteiger charge is 2.23. The van der Waals surface area contributed by atoms with Crippen LogP contribution in [0.3, 0.4) is 0 Å². The molecule has 0 spiro atoms. The summed E-state index contributed by atoms with van der Waals surface area (Å²) in [6, 6.07) is 11.4. The average Bonchev–Trinajstić information content (AvgIpc) is 2.52. The Morgan fingerprint density at radius 2 is 2.00 bits per heavy atom. The van der Waals surface area contributed by atoms with Gasteiger partial charge in [0.1, 0.15) is 17.4 Å². The number of halogens is 1. The Morgan fingerprint density at radius 1 is 1.23 bits per heavy atom. The highest BCUT2D eigenvalue weighted by Crippen LogP contribution is 2.29. The number of ether oxygens (including phenoxy) is 1. The molecular formula is C16H10ClNO4. The van der Waals surface area contributed by atoms with Crippen LogP contribution in [0.15, 0.2) is 48.0 Å². The van der Waals surface area contributed by atoms with Gasteiger partial charge in [0.05, 0.1) is 10.5 Å². The van der Waals surface area contributed by atoms with Gasteiger partial charge < -0.3 is 4.74 Å². The minimum absolute atomic E-state index is 0.0590. The third-order valence-electron chi connectivity index (χ3n) is 3.31. The fourth-order valence-corrected chi connectivity index (χ4v) is 2.43. The number of hydrogen-bond acceptors (Lipinski definition) is 4. The molecule has 0 unspecified atom stereocenters. The number of hydrogen-bond donors (Lipinski definition) is 0. The number of carbonyl (C=O) groups excluding carboxylic acids is 1. The van der Waals surface area contributed by atoms with Crippen LogP contribution in [0.2, 0.25) is 5.02 Å². The van der Waals surface area contributed by atoms with E-state index in [0.717, 1.165) is 0 Å². The number of carbonyl (C=O) groups is 1. The second-order valence-electron chi connectivity index (χ2n) is 4.75. The number of fused-ring (bicyclic) bond motifs is 1. The van der Waals surface area contributed by atoms with Crippen molar-refractivity contribution in [2.75, 3.05) is 6.61 Å². The summed E-state index contributed by atoms with van der Waals surface area (Å²) in [4.78, 5) is 22.7. The normalized spacial score (nSPS) is 15.3. The van der Waals surface area contributed by atoms with Crippen molar-refractivity contribution < 1.29 is 14.5 Å². The van der Waals surface area contributed by atoms with Crippen molar-refractivity contribution in [2.45, 2.75) is 0 Å². The van der Waals surface area contributed by atoms with Crippen LogP contribution in [-0.4, -0.2) is 17.3 Å². The smallest absolute Gasteiger partial charge is 0.288 e. The lowest BCUT2D eigenvalue weighted by molar-refractivity contribution is -0.384. The molecule has 0 N–H and O–H groups in total. The summed E-state index contributed by atoms with van der Waals surface area (Å²) in [6.07, 6.45) is 1.58. The molecule has 0 saturated heterocycles. The van der Waals surface area contributed by atoms with Gasteiger partial charge in [-0.2, -0.15) is 0 Å². The standard InChI is InChI=1S/C16H10ClNO4/c17-13-6-5-10(8-14(13)18(20)21)7-11-9-22-15-4-2-1-3-12(15)16(11)19/h1-8H,9H2. The fraction of sp³-hybridized carbons (Fsp3) is 0.0625. The lowest BCUT2D eigenvalue weighted by Gasteiger charge is -2.18. The van der Waals surface area contributed by atoms with Gasteiger partial charge in [-0.15, -0.1) is 0 Å². The zero-order chi connectivity index (χ0) is 15.7. The summed E-state index contributed by atoms with van der Waals surface area (Å²) in [5.41, 5.74) is 1.27. The summed E-state index contributed by atoms with van der Waals surface area (Å²) in [6.45, 7) is 0.131. The Kier molecular flexibility index (Phi) is 3.65. The second kappa shape index (κ2) is 5.61. The van der Waals surface area contributed by atoms with E-state index < -0.39 is 4.92 Å². The van der Waals surface area contributed by atoms with Crippen molar-refractivity contribution in [1.82, 2.24) is 0 Å². The molecule has 110 valence electrons. The predicted molar refractivity (Wildman–Crippen MR) is 82.4 cm³/mol. The van der Waals surface area contributed by atoms with E-state index in [1.165, 1.54) is 12.1 Å². The van der Waals surface area contributed by atoms with E-state index in [1.54, 1.807) is 36.4 Å². The van der Waals surface area contributed by atoms with Crippen molar-refractivity contribution in [3.05, 3.63) is 74.3 Å². The molecule has 1 aliphatic rings. The molecule has 0 aromatic heterocycles. The van der Waals surface area contributed by atoms with Gasteiger partial charge in [-0.3, -0.25) is 14.9 Å². The lowest BCUT2D eigenvalue weighted by Crippen LogP contribution is -2.18. The molecule has 22 heavy (non-hydrogen) atoms. The van der Waals surface area contributed by atoms with Crippen LogP contribution in [0, 0.1) is 10.1 Å². The van der Waals surface area contributed by atoms with Crippen LogP contribution in [0.4, 0.5) is 5.69 Å². The molecule has 0 aliphatic carbocycles. The Labute approximate surface area is 130 Å².